The van der Waals surface area contributed by atoms with Crippen molar-refractivity contribution >= 4 is 17.5 Å². The minimum atomic E-state index is -0.392. The fraction of sp³-hybridized carbons (Fsp3) is 0.400. The molecule has 104 valence electrons. The van der Waals surface area contributed by atoms with E-state index in [2.05, 4.69) is 5.16 Å². The summed E-state index contributed by atoms with van der Waals surface area (Å²) in [5, 5.41) is 4.42. The second kappa shape index (κ2) is 4.22. The summed E-state index contributed by atoms with van der Waals surface area (Å²) in [6.07, 6.45) is 3.51. The Bertz CT molecular complexity index is 654. The second-order valence-electron chi connectivity index (χ2n) is 5.83. The highest BCUT2D eigenvalue weighted by Crippen LogP contribution is 2.58. The van der Waals surface area contributed by atoms with E-state index in [0.29, 0.717) is 22.1 Å². The van der Waals surface area contributed by atoms with Crippen LogP contribution in [0.5, 0.6) is 0 Å². The molecule has 2 unspecified atom stereocenters. The van der Waals surface area contributed by atoms with Crippen molar-refractivity contribution in [3.05, 3.63) is 34.7 Å². The van der Waals surface area contributed by atoms with Crippen LogP contribution in [-0.2, 0) is 0 Å². The van der Waals surface area contributed by atoms with E-state index < -0.39 is 5.82 Å². The van der Waals surface area contributed by atoms with E-state index in [0.717, 1.165) is 30.4 Å². The molecule has 0 saturated heterocycles. The van der Waals surface area contributed by atoms with Gasteiger partial charge in [-0.1, -0.05) is 22.8 Å². The first kappa shape index (κ1) is 12.2. The molecule has 0 spiro atoms. The van der Waals surface area contributed by atoms with Gasteiger partial charge in [-0.05, 0) is 43.2 Å². The van der Waals surface area contributed by atoms with Crippen molar-refractivity contribution in [3.63, 3.8) is 0 Å². The monoisotopic (exact) mass is 292 g/mol. The van der Waals surface area contributed by atoms with Crippen LogP contribution < -0.4 is 5.73 Å². The molecule has 2 aromatic rings. The summed E-state index contributed by atoms with van der Waals surface area (Å²) in [5.41, 5.74) is 7.49. The summed E-state index contributed by atoms with van der Waals surface area (Å²) in [4.78, 5) is 0. The van der Waals surface area contributed by atoms with E-state index in [4.69, 9.17) is 21.9 Å². The zero-order valence-electron chi connectivity index (χ0n) is 10.8. The molecule has 20 heavy (non-hydrogen) atoms. The largest absolute Gasteiger partial charge is 0.367 e. The molecule has 2 aliphatic carbocycles. The molecule has 0 bridgehead atoms. The molecule has 2 aliphatic rings. The number of nitrogens with two attached hydrogens (primary N) is 1. The number of hydrogen-bond donors (Lipinski definition) is 1. The van der Waals surface area contributed by atoms with Crippen LogP contribution in [0.1, 0.15) is 30.9 Å². The zero-order chi connectivity index (χ0) is 13.9. The average Bonchev–Trinajstić information content (AvgIpc) is 2.84. The van der Waals surface area contributed by atoms with Crippen LogP contribution in [0.25, 0.3) is 11.1 Å². The van der Waals surface area contributed by atoms with Gasteiger partial charge < -0.3 is 10.3 Å². The first-order valence-corrected chi connectivity index (χ1v) is 7.22. The van der Waals surface area contributed by atoms with Gasteiger partial charge in [-0.15, -0.1) is 0 Å². The summed E-state index contributed by atoms with van der Waals surface area (Å²) < 4.78 is 19.3. The van der Waals surface area contributed by atoms with Crippen molar-refractivity contribution < 1.29 is 8.91 Å². The molecule has 5 heteroatoms. The lowest BCUT2D eigenvalue weighted by atomic mass is 9.93. The van der Waals surface area contributed by atoms with Crippen LogP contribution in [-0.4, -0.2) is 5.16 Å². The summed E-state index contributed by atoms with van der Waals surface area (Å²) in [6.45, 7) is 0. The number of hydrogen-bond acceptors (Lipinski definition) is 3. The van der Waals surface area contributed by atoms with E-state index in [1.54, 1.807) is 12.1 Å². The number of nitrogen functional groups attached to an aromatic ring is 1. The Balaban J connectivity index is 1.83. The van der Waals surface area contributed by atoms with Gasteiger partial charge in [0.15, 0.2) is 0 Å². The van der Waals surface area contributed by atoms with Gasteiger partial charge in [-0.2, -0.15) is 0 Å². The van der Waals surface area contributed by atoms with Crippen LogP contribution in [0.4, 0.5) is 10.3 Å². The number of anilines is 1. The second-order valence-corrected chi connectivity index (χ2v) is 6.24. The van der Waals surface area contributed by atoms with Gasteiger partial charge in [0, 0.05) is 11.5 Å². The SMILES string of the molecule is Nc1onc(C2CC3CC3C2)c1-c1c(F)cccc1Cl. The predicted molar refractivity (Wildman–Crippen MR) is 74.9 cm³/mol. The number of benzene rings is 1. The molecule has 3 nitrogen and oxygen atoms in total. The summed E-state index contributed by atoms with van der Waals surface area (Å²) in [5.74, 6) is 1.68. The van der Waals surface area contributed by atoms with E-state index in [9.17, 15) is 4.39 Å². The smallest absolute Gasteiger partial charge is 0.230 e. The Morgan fingerprint density at radius 2 is 1.95 bits per heavy atom. The molecule has 0 aliphatic heterocycles. The fourth-order valence-corrected chi connectivity index (χ4v) is 3.78. The maximum Gasteiger partial charge on any atom is 0.230 e. The first-order chi connectivity index (χ1) is 9.65. The normalized spacial score (nSPS) is 27.6. The van der Waals surface area contributed by atoms with Crippen LogP contribution >= 0.6 is 11.6 Å². The maximum atomic E-state index is 14.1. The van der Waals surface area contributed by atoms with Crippen LogP contribution in [0.15, 0.2) is 22.7 Å². The number of rotatable bonds is 2. The molecule has 2 fully saturated rings. The van der Waals surface area contributed by atoms with Gasteiger partial charge in [-0.25, -0.2) is 4.39 Å². The van der Waals surface area contributed by atoms with Crippen LogP contribution in [0.2, 0.25) is 5.02 Å². The quantitative estimate of drug-likeness (QED) is 0.901. The van der Waals surface area contributed by atoms with Crippen molar-refractivity contribution in [2.45, 2.75) is 25.2 Å². The van der Waals surface area contributed by atoms with Gasteiger partial charge in [-0.3, -0.25) is 0 Å². The Morgan fingerprint density at radius 1 is 1.20 bits per heavy atom. The van der Waals surface area contributed by atoms with Crippen molar-refractivity contribution in [2.24, 2.45) is 11.8 Å². The summed E-state index contributed by atoms with van der Waals surface area (Å²) in [7, 11) is 0. The Kier molecular flexibility index (Phi) is 2.58. The molecule has 2 saturated carbocycles. The van der Waals surface area contributed by atoms with Gasteiger partial charge in [0.05, 0.1) is 16.3 Å². The number of aromatic nitrogens is 1. The van der Waals surface area contributed by atoms with Gasteiger partial charge >= 0.3 is 0 Å². The number of halogens is 2. The molecule has 4 rings (SSSR count). The number of nitrogens with zero attached hydrogens (tertiary/aromatic N) is 1. The molecule has 0 radical (unpaired) electrons. The van der Waals surface area contributed by atoms with Crippen molar-refractivity contribution in [1.82, 2.24) is 5.16 Å². The van der Waals surface area contributed by atoms with Crippen molar-refractivity contribution in [1.29, 1.82) is 0 Å². The third-order valence-corrected chi connectivity index (χ3v) is 4.90. The van der Waals surface area contributed by atoms with E-state index in [1.165, 1.54) is 12.5 Å². The van der Waals surface area contributed by atoms with Crippen molar-refractivity contribution in [2.75, 3.05) is 5.73 Å². The molecular weight excluding hydrogens is 279 g/mol. The van der Waals surface area contributed by atoms with E-state index in [1.807, 2.05) is 0 Å². The molecule has 1 aromatic heterocycles. The molecule has 2 atom stereocenters. The van der Waals surface area contributed by atoms with Gasteiger partial charge in [0.2, 0.25) is 5.88 Å². The maximum absolute atomic E-state index is 14.1. The topological polar surface area (TPSA) is 52.0 Å². The fourth-order valence-electron chi connectivity index (χ4n) is 3.52. The summed E-state index contributed by atoms with van der Waals surface area (Å²) >= 11 is 6.14. The minimum absolute atomic E-state index is 0.146. The van der Waals surface area contributed by atoms with E-state index >= 15 is 0 Å². The summed E-state index contributed by atoms with van der Waals surface area (Å²) in [6, 6.07) is 4.61. The number of fused-ring (bicyclic) bond motifs is 1. The Morgan fingerprint density at radius 3 is 2.65 bits per heavy atom. The predicted octanol–water partition coefficient (Wildman–Crippen LogP) is 4.23. The first-order valence-electron chi connectivity index (χ1n) is 6.84. The van der Waals surface area contributed by atoms with Crippen LogP contribution in [0, 0.1) is 17.7 Å². The van der Waals surface area contributed by atoms with Gasteiger partial charge in [0.1, 0.15) is 5.82 Å². The molecule has 0 amide bonds. The van der Waals surface area contributed by atoms with Crippen LogP contribution in [0.3, 0.4) is 0 Å². The highest BCUT2D eigenvalue weighted by atomic mass is 35.5. The third kappa shape index (κ3) is 1.74. The Labute approximate surface area is 120 Å². The van der Waals surface area contributed by atoms with E-state index in [-0.39, 0.29) is 5.88 Å². The van der Waals surface area contributed by atoms with Gasteiger partial charge in [0.25, 0.3) is 0 Å². The minimum Gasteiger partial charge on any atom is -0.367 e. The lowest BCUT2D eigenvalue weighted by Crippen LogP contribution is -2.00. The zero-order valence-corrected chi connectivity index (χ0v) is 11.5. The standard InChI is InChI=1S/C15H14ClFN2O/c16-10-2-1-3-11(17)12(10)13-14(19-20-15(13)18)9-5-7-4-8(7)6-9/h1-3,7-9H,4-6,18H2. The highest BCUT2D eigenvalue weighted by molar-refractivity contribution is 6.33. The third-order valence-electron chi connectivity index (χ3n) is 4.59. The highest BCUT2D eigenvalue weighted by Gasteiger charge is 2.48. The van der Waals surface area contributed by atoms with Crippen molar-refractivity contribution in [3.8, 4) is 11.1 Å². The lowest BCUT2D eigenvalue weighted by Gasteiger charge is -2.12. The lowest BCUT2D eigenvalue weighted by molar-refractivity contribution is 0.416. The molecule has 2 N–H and O–H groups in total. The molecule has 1 heterocycles. The molecule has 1 aromatic carbocycles. The Hall–Kier alpha value is -1.55. The average molecular weight is 293 g/mol. The molecular formula is C15H14ClFN2O.